The average molecular weight is 290 g/mol. The number of rotatable bonds is 3. The van der Waals surface area contributed by atoms with Gasteiger partial charge >= 0.3 is 0 Å². The Morgan fingerprint density at radius 3 is 3.10 bits per heavy atom. The van der Waals surface area contributed by atoms with E-state index in [0.717, 1.165) is 43.7 Å². The summed E-state index contributed by atoms with van der Waals surface area (Å²) >= 11 is 0. The maximum absolute atomic E-state index is 13.1. The van der Waals surface area contributed by atoms with Crippen molar-refractivity contribution < 1.29 is 8.91 Å². The molecule has 112 valence electrons. The van der Waals surface area contributed by atoms with Crippen LogP contribution in [0, 0.1) is 12.7 Å². The van der Waals surface area contributed by atoms with Crippen molar-refractivity contribution in [2.75, 3.05) is 26.2 Å². The van der Waals surface area contributed by atoms with Crippen molar-refractivity contribution in [1.82, 2.24) is 20.4 Å². The number of nitrogens with zero attached hydrogens (tertiary/aromatic N) is 3. The summed E-state index contributed by atoms with van der Waals surface area (Å²) in [5.74, 6) is 0.878. The Bertz CT molecular complexity index is 605. The van der Waals surface area contributed by atoms with Crippen LogP contribution in [0.1, 0.15) is 17.9 Å². The van der Waals surface area contributed by atoms with E-state index >= 15 is 0 Å². The van der Waals surface area contributed by atoms with Crippen LogP contribution in [0.2, 0.25) is 0 Å². The molecule has 21 heavy (non-hydrogen) atoms. The fraction of sp³-hybridized carbons (Fsp3) is 0.467. The van der Waals surface area contributed by atoms with Crippen LogP contribution < -0.4 is 5.32 Å². The minimum atomic E-state index is -0.253. The van der Waals surface area contributed by atoms with Crippen molar-refractivity contribution >= 4 is 0 Å². The zero-order valence-corrected chi connectivity index (χ0v) is 12.1. The predicted octanol–water partition coefficient (Wildman–Crippen LogP) is 1.98. The van der Waals surface area contributed by atoms with Gasteiger partial charge in [0, 0.05) is 18.7 Å². The van der Waals surface area contributed by atoms with Crippen LogP contribution in [0.25, 0.3) is 11.4 Å². The second-order valence-electron chi connectivity index (χ2n) is 5.35. The van der Waals surface area contributed by atoms with Crippen LogP contribution in [-0.2, 0) is 6.54 Å². The summed E-state index contributed by atoms with van der Waals surface area (Å²) in [6.45, 7) is 6.55. The molecule has 6 heteroatoms. The molecule has 0 atom stereocenters. The van der Waals surface area contributed by atoms with E-state index in [-0.39, 0.29) is 5.82 Å². The van der Waals surface area contributed by atoms with Gasteiger partial charge in [-0.15, -0.1) is 0 Å². The van der Waals surface area contributed by atoms with Crippen LogP contribution in [0.4, 0.5) is 4.39 Å². The lowest BCUT2D eigenvalue weighted by molar-refractivity contribution is 0.239. The van der Waals surface area contributed by atoms with E-state index in [4.69, 9.17) is 4.52 Å². The Hall–Kier alpha value is -1.79. The first-order valence-electron chi connectivity index (χ1n) is 7.24. The summed E-state index contributed by atoms with van der Waals surface area (Å²) in [5.41, 5.74) is 1.62. The van der Waals surface area contributed by atoms with Crippen molar-refractivity contribution in [3.05, 3.63) is 35.5 Å². The second-order valence-corrected chi connectivity index (χ2v) is 5.35. The van der Waals surface area contributed by atoms with Gasteiger partial charge in [0.2, 0.25) is 11.7 Å². The first-order valence-corrected chi connectivity index (χ1v) is 7.24. The minimum absolute atomic E-state index is 0.253. The maximum atomic E-state index is 13.1. The molecular formula is C15H19FN4O. The molecule has 3 rings (SSSR count). The lowest BCUT2D eigenvalue weighted by atomic mass is 10.1. The Morgan fingerprint density at radius 2 is 2.24 bits per heavy atom. The summed E-state index contributed by atoms with van der Waals surface area (Å²) in [5, 5.41) is 7.38. The van der Waals surface area contributed by atoms with Gasteiger partial charge < -0.3 is 9.84 Å². The molecule has 1 aromatic carbocycles. The highest BCUT2D eigenvalue weighted by molar-refractivity contribution is 5.59. The van der Waals surface area contributed by atoms with E-state index in [1.807, 2.05) is 6.92 Å². The van der Waals surface area contributed by atoms with Gasteiger partial charge in [0.05, 0.1) is 6.54 Å². The molecule has 1 saturated heterocycles. The fourth-order valence-corrected chi connectivity index (χ4v) is 2.56. The van der Waals surface area contributed by atoms with Gasteiger partial charge in [0.25, 0.3) is 0 Å². The lowest BCUT2D eigenvalue weighted by Crippen LogP contribution is -2.27. The first-order chi connectivity index (χ1) is 10.2. The summed E-state index contributed by atoms with van der Waals surface area (Å²) in [6.07, 6.45) is 1.12. The molecule has 1 aliphatic heterocycles. The SMILES string of the molecule is Cc1cc(F)ccc1-c1noc(CN2CCCNCC2)n1. The number of hydrogen-bond donors (Lipinski definition) is 1. The molecule has 0 amide bonds. The second kappa shape index (κ2) is 6.32. The normalized spacial score (nSPS) is 16.9. The molecule has 1 fully saturated rings. The Balaban J connectivity index is 1.73. The molecule has 0 saturated carbocycles. The quantitative estimate of drug-likeness (QED) is 0.936. The molecule has 1 N–H and O–H groups in total. The van der Waals surface area contributed by atoms with E-state index in [2.05, 4.69) is 20.4 Å². The maximum Gasteiger partial charge on any atom is 0.241 e. The largest absolute Gasteiger partial charge is 0.338 e. The summed E-state index contributed by atoms with van der Waals surface area (Å²) in [6, 6.07) is 4.58. The predicted molar refractivity (Wildman–Crippen MR) is 77.2 cm³/mol. The van der Waals surface area contributed by atoms with Gasteiger partial charge in [0.15, 0.2) is 0 Å². The molecule has 0 bridgehead atoms. The molecule has 1 aromatic heterocycles. The van der Waals surface area contributed by atoms with Gasteiger partial charge in [-0.25, -0.2) is 4.39 Å². The molecule has 2 heterocycles. The van der Waals surface area contributed by atoms with E-state index in [1.54, 1.807) is 6.07 Å². The van der Waals surface area contributed by atoms with Crippen LogP contribution in [-0.4, -0.2) is 41.2 Å². The molecule has 0 radical (unpaired) electrons. The van der Waals surface area contributed by atoms with E-state index in [1.165, 1.54) is 12.1 Å². The third kappa shape index (κ3) is 3.46. The lowest BCUT2D eigenvalue weighted by Gasteiger charge is -2.16. The minimum Gasteiger partial charge on any atom is -0.338 e. The number of aromatic nitrogens is 2. The number of benzene rings is 1. The van der Waals surface area contributed by atoms with E-state index < -0.39 is 0 Å². The summed E-state index contributed by atoms with van der Waals surface area (Å²) in [7, 11) is 0. The molecule has 2 aromatic rings. The van der Waals surface area contributed by atoms with Gasteiger partial charge in [-0.2, -0.15) is 4.98 Å². The molecule has 0 unspecified atom stereocenters. The Labute approximate surface area is 123 Å². The van der Waals surface area contributed by atoms with Crippen LogP contribution in [0.5, 0.6) is 0 Å². The summed E-state index contributed by atoms with van der Waals surface area (Å²) in [4.78, 5) is 6.73. The molecule has 0 spiro atoms. The zero-order valence-electron chi connectivity index (χ0n) is 12.1. The standard InChI is InChI=1S/C15H19FN4O/c1-11-9-12(16)3-4-13(11)15-18-14(21-19-15)10-20-7-2-5-17-6-8-20/h3-4,9,17H,2,5-8,10H2,1H3. The van der Waals surface area contributed by atoms with Crippen molar-refractivity contribution in [2.45, 2.75) is 19.9 Å². The third-order valence-corrected chi connectivity index (χ3v) is 3.69. The first kappa shape index (κ1) is 14.2. The highest BCUT2D eigenvalue weighted by Crippen LogP contribution is 2.21. The number of nitrogens with one attached hydrogen (secondary N) is 1. The van der Waals surface area contributed by atoms with Gasteiger partial charge in [0.1, 0.15) is 5.82 Å². The Morgan fingerprint density at radius 1 is 1.33 bits per heavy atom. The monoisotopic (exact) mass is 290 g/mol. The van der Waals surface area contributed by atoms with Crippen LogP contribution in [0.15, 0.2) is 22.7 Å². The van der Waals surface area contributed by atoms with E-state index in [9.17, 15) is 4.39 Å². The zero-order chi connectivity index (χ0) is 14.7. The smallest absolute Gasteiger partial charge is 0.241 e. The number of aryl methyl sites for hydroxylation is 1. The topological polar surface area (TPSA) is 54.2 Å². The van der Waals surface area contributed by atoms with Crippen LogP contribution >= 0.6 is 0 Å². The van der Waals surface area contributed by atoms with Gasteiger partial charge in [-0.3, -0.25) is 4.90 Å². The molecule has 1 aliphatic rings. The van der Waals surface area contributed by atoms with Crippen molar-refractivity contribution in [1.29, 1.82) is 0 Å². The number of halogens is 1. The fourth-order valence-electron chi connectivity index (χ4n) is 2.56. The number of hydrogen-bond acceptors (Lipinski definition) is 5. The van der Waals surface area contributed by atoms with Crippen molar-refractivity contribution in [2.24, 2.45) is 0 Å². The van der Waals surface area contributed by atoms with E-state index in [0.29, 0.717) is 18.3 Å². The molecule has 5 nitrogen and oxygen atoms in total. The van der Waals surface area contributed by atoms with Gasteiger partial charge in [-0.05, 0) is 50.2 Å². The average Bonchev–Trinajstić information content (AvgIpc) is 2.75. The highest BCUT2D eigenvalue weighted by Gasteiger charge is 2.15. The third-order valence-electron chi connectivity index (χ3n) is 3.69. The molecular weight excluding hydrogens is 271 g/mol. The molecule has 0 aliphatic carbocycles. The van der Waals surface area contributed by atoms with Gasteiger partial charge in [-0.1, -0.05) is 5.16 Å². The highest BCUT2D eigenvalue weighted by atomic mass is 19.1. The Kier molecular flexibility index (Phi) is 4.26. The van der Waals surface area contributed by atoms with Crippen LogP contribution in [0.3, 0.4) is 0 Å². The van der Waals surface area contributed by atoms with Crippen molar-refractivity contribution in [3.63, 3.8) is 0 Å². The summed E-state index contributed by atoms with van der Waals surface area (Å²) < 4.78 is 18.5. The van der Waals surface area contributed by atoms with Crippen molar-refractivity contribution in [3.8, 4) is 11.4 Å².